The van der Waals surface area contributed by atoms with Crippen LogP contribution in [0.1, 0.15) is 19.3 Å². The van der Waals surface area contributed by atoms with Crippen LogP contribution in [-0.4, -0.2) is 24.4 Å². The van der Waals surface area contributed by atoms with Crippen LogP contribution >= 0.6 is 12.6 Å². The molecule has 0 aromatic rings. The summed E-state index contributed by atoms with van der Waals surface area (Å²) in [6, 6.07) is -0.562. The fourth-order valence-corrected chi connectivity index (χ4v) is 1.06. The molecule has 0 saturated heterocycles. The number of hydrogen-bond acceptors (Lipinski definition) is 4. The Balaban J connectivity index is 2.00. The predicted octanol–water partition coefficient (Wildman–Crippen LogP) is 0.587. The summed E-state index contributed by atoms with van der Waals surface area (Å²) in [4.78, 5) is 11.0. The third-order valence-corrected chi connectivity index (χ3v) is 2.36. The number of rotatable bonds is 5. The van der Waals surface area contributed by atoms with Crippen molar-refractivity contribution in [1.82, 2.24) is 0 Å². The molecule has 1 saturated carbocycles. The zero-order valence-electron chi connectivity index (χ0n) is 7.03. The molecule has 0 spiro atoms. The summed E-state index contributed by atoms with van der Waals surface area (Å²) in [6.45, 7) is 0.519. The first-order chi connectivity index (χ1) is 5.74. The van der Waals surface area contributed by atoms with E-state index in [0.717, 1.165) is 12.3 Å². The summed E-state index contributed by atoms with van der Waals surface area (Å²) in [5, 5.41) is 0. The van der Waals surface area contributed by atoms with Gasteiger partial charge in [-0.3, -0.25) is 4.79 Å². The van der Waals surface area contributed by atoms with Crippen molar-refractivity contribution < 1.29 is 9.53 Å². The molecule has 0 aliphatic heterocycles. The fourth-order valence-electron chi connectivity index (χ4n) is 0.914. The highest BCUT2D eigenvalue weighted by Crippen LogP contribution is 2.32. The SMILES string of the molecule is N[C@@H](CS)C(=O)OCCC1CC1. The summed E-state index contributed by atoms with van der Waals surface area (Å²) in [5.74, 6) is 0.818. The smallest absolute Gasteiger partial charge is 0.323 e. The molecule has 3 nitrogen and oxygen atoms in total. The summed E-state index contributed by atoms with van der Waals surface area (Å²) >= 11 is 3.90. The molecule has 1 aliphatic rings. The number of esters is 1. The van der Waals surface area contributed by atoms with E-state index in [0.29, 0.717) is 12.4 Å². The van der Waals surface area contributed by atoms with E-state index in [1.54, 1.807) is 0 Å². The van der Waals surface area contributed by atoms with E-state index < -0.39 is 6.04 Å². The van der Waals surface area contributed by atoms with Gasteiger partial charge in [-0.25, -0.2) is 0 Å². The lowest BCUT2D eigenvalue weighted by molar-refractivity contribution is -0.144. The van der Waals surface area contributed by atoms with Crippen LogP contribution in [0.15, 0.2) is 0 Å². The van der Waals surface area contributed by atoms with Crippen LogP contribution in [0.5, 0.6) is 0 Å². The highest BCUT2D eigenvalue weighted by Gasteiger charge is 2.21. The molecule has 1 aliphatic carbocycles. The third kappa shape index (κ3) is 3.45. The molecule has 0 heterocycles. The van der Waals surface area contributed by atoms with Crippen LogP contribution in [0.3, 0.4) is 0 Å². The number of thiol groups is 1. The van der Waals surface area contributed by atoms with Crippen molar-refractivity contribution in [2.24, 2.45) is 11.7 Å². The number of nitrogens with two attached hydrogens (primary N) is 1. The van der Waals surface area contributed by atoms with Gasteiger partial charge in [0.15, 0.2) is 0 Å². The van der Waals surface area contributed by atoms with Crippen molar-refractivity contribution >= 4 is 18.6 Å². The third-order valence-electron chi connectivity index (χ3n) is 1.97. The first-order valence-electron chi connectivity index (χ1n) is 4.27. The van der Waals surface area contributed by atoms with Gasteiger partial charge in [0.05, 0.1) is 6.61 Å². The van der Waals surface area contributed by atoms with E-state index in [-0.39, 0.29) is 5.97 Å². The Hall–Kier alpha value is -0.220. The van der Waals surface area contributed by atoms with Crippen LogP contribution in [0.4, 0.5) is 0 Å². The normalized spacial score (nSPS) is 18.8. The number of carbonyl (C=O) groups is 1. The quantitative estimate of drug-likeness (QED) is 0.491. The second kappa shape index (κ2) is 4.72. The Morgan fingerprint density at radius 3 is 2.83 bits per heavy atom. The van der Waals surface area contributed by atoms with E-state index in [4.69, 9.17) is 10.5 Å². The summed E-state index contributed by atoms with van der Waals surface area (Å²) < 4.78 is 4.93. The summed E-state index contributed by atoms with van der Waals surface area (Å²) in [5.41, 5.74) is 5.40. The molecule has 0 unspecified atom stereocenters. The maximum absolute atomic E-state index is 11.0. The van der Waals surface area contributed by atoms with Gasteiger partial charge < -0.3 is 10.5 Å². The maximum Gasteiger partial charge on any atom is 0.323 e. The molecule has 12 heavy (non-hydrogen) atoms. The van der Waals surface area contributed by atoms with E-state index in [2.05, 4.69) is 12.6 Å². The van der Waals surface area contributed by atoms with Gasteiger partial charge >= 0.3 is 5.97 Å². The van der Waals surface area contributed by atoms with Crippen molar-refractivity contribution in [2.75, 3.05) is 12.4 Å². The van der Waals surface area contributed by atoms with E-state index in [1.807, 2.05) is 0 Å². The van der Waals surface area contributed by atoms with Crippen LogP contribution in [-0.2, 0) is 9.53 Å². The minimum absolute atomic E-state index is 0.328. The lowest BCUT2D eigenvalue weighted by Gasteiger charge is -2.07. The molecule has 0 bridgehead atoms. The average Bonchev–Trinajstić information content (AvgIpc) is 2.86. The molecule has 1 atom stereocenters. The fraction of sp³-hybridized carbons (Fsp3) is 0.875. The Morgan fingerprint density at radius 2 is 2.33 bits per heavy atom. The minimum Gasteiger partial charge on any atom is -0.464 e. The molecular weight excluding hydrogens is 174 g/mol. The number of ether oxygens (including phenoxy) is 1. The van der Waals surface area contributed by atoms with Gasteiger partial charge in [0.25, 0.3) is 0 Å². The second-order valence-corrected chi connectivity index (χ2v) is 3.55. The molecular formula is C8H15NO2S. The van der Waals surface area contributed by atoms with Crippen LogP contribution in [0.2, 0.25) is 0 Å². The first kappa shape index (κ1) is 9.86. The first-order valence-corrected chi connectivity index (χ1v) is 4.90. The van der Waals surface area contributed by atoms with Crippen molar-refractivity contribution in [3.8, 4) is 0 Å². The minimum atomic E-state index is -0.562. The Morgan fingerprint density at radius 1 is 1.67 bits per heavy atom. The van der Waals surface area contributed by atoms with Gasteiger partial charge in [-0.05, 0) is 12.3 Å². The van der Waals surface area contributed by atoms with Gasteiger partial charge in [0.2, 0.25) is 0 Å². The maximum atomic E-state index is 11.0. The Bertz CT molecular complexity index is 159. The van der Waals surface area contributed by atoms with Gasteiger partial charge in [-0.1, -0.05) is 12.8 Å². The Kier molecular flexibility index (Phi) is 3.88. The highest BCUT2D eigenvalue weighted by atomic mass is 32.1. The Labute approximate surface area is 78.1 Å². The molecule has 70 valence electrons. The van der Waals surface area contributed by atoms with Gasteiger partial charge in [0, 0.05) is 5.75 Å². The van der Waals surface area contributed by atoms with Crippen molar-refractivity contribution in [1.29, 1.82) is 0 Å². The average molecular weight is 189 g/mol. The zero-order chi connectivity index (χ0) is 8.97. The second-order valence-electron chi connectivity index (χ2n) is 3.19. The van der Waals surface area contributed by atoms with Crippen LogP contribution in [0.25, 0.3) is 0 Å². The lowest BCUT2D eigenvalue weighted by atomic mass is 10.3. The van der Waals surface area contributed by atoms with Crippen molar-refractivity contribution in [3.05, 3.63) is 0 Å². The van der Waals surface area contributed by atoms with Gasteiger partial charge in [-0.2, -0.15) is 12.6 Å². The molecule has 1 fully saturated rings. The van der Waals surface area contributed by atoms with Gasteiger partial charge in [-0.15, -0.1) is 0 Å². The van der Waals surface area contributed by atoms with E-state index in [9.17, 15) is 4.79 Å². The molecule has 4 heteroatoms. The number of carbonyl (C=O) groups excluding carboxylic acids is 1. The monoisotopic (exact) mass is 189 g/mol. The van der Waals surface area contributed by atoms with Gasteiger partial charge in [0.1, 0.15) is 6.04 Å². The summed E-state index contributed by atoms with van der Waals surface area (Å²) in [7, 11) is 0. The lowest BCUT2D eigenvalue weighted by Crippen LogP contribution is -2.34. The highest BCUT2D eigenvalue weighted by molar-refractivity contribution is 7.80. The molecule has 2 N–H and O–H groups in total. The molecule has 1 rings (SSSR count). The van der Waals surface area contributed by atoms with Crippen molar-refractivity contribution in [2.45, 2.75) is 25.3 Å². The predicted molar refractivity (Wildman–Crippen MR) is 50.1 cm³/mol. The molecule has 0 radical (unpaired) electrons. The molecule has 0 amide bonds. The topological polar surface area (TPSA) is 52.3 Å². The number of hydrogen-bond donors (Lipinski definition) is 2. The van der Waals surface area contributed by atoms with Crippen LogP contribution < -0.4 is 5.73 Å². The van der Waals surface area contributed by atoms with Crippen LogP contribution in [0, 0.1) is 5.92 Å². The zero-order valence-corrected chi connectivity index (χ0v) is 7.93. The standard InChI is InChI=1S/C8H15NO2S/c9-7(5-12)8(10)11-4-3-6-1-2-6/h6-7,12H,1-5,9H2/t7-/m0/s1. The molecule has 0 aromatic heterocycles. The van der Waals surface area contributed by atoms with E-state index in [1.165, 1.54) is 12.8 Å². The molecule has 0 aromatic carbocycles. The van der Waals surface area contributed by atoms with Crippen molar-refractivity contribution in [3.63, 3.8) is 0 Å². The summed E-state index contributed by atoms with van der Waals surface area (Å²) in [6.07, 6.45) is 3.57. The largest absolute Gasteiger partial charge is 0.464 e. The van der Waals surface area contributed by atoms with E-state index >= 15 is 0 Å².